The van der Waals surface area contributed by atoms with Crippen molar-refractivity contribution in [2.24, 2.45) is 0 Å². The Hall–Kier alpha value is -3.79. The fraction of sp³-hybridized carbons (Fsp3) is 0.793. The van der Waals surface area contributed by atoms with Crippen LogP contribution in [0.1, 0.15) is 412 Å². The van der Waals surface area contributed by atoms with E-state index in [9.17, 15) is 19.5 Å². The molecule has 0 aromatic carbocycles. The number of hydrogen-bond donors (Lipinski definition) is 0. The van der Waals surface area contributed by atoms with E-state index in [4.69, 9.17) is 18.9 Å². The minimum absolute atomic E-state index is 0.149. The Morgan fingerprint density at radius 1 is 0.297 bits per heavy atom. The van der Waals surface area contributed by atoms with Crippen LogP contribution in [0.2, 0.25) is 0 Å². The normalized spacial score (nSPS) is 13.1. The number of allylic oxidation sites excluding steroid dienone is 16. The second-order valence-corrected chi connectivity index (χ2v) is 30.4. The van der Waals surface area contributed by atoms with Crippen molar-refractivity contribution in [3.63, 3.8) is 0 Å². The van der Waals surface area contributed by atoms with E-state index >= 15 is 0 Å². The van der Waals surface area contributed by atoms with Crippen molar-refractivity contribution in [3.05, 3.63) is 97.2 Å². The number of unbranched alkanes of at least 4 members (excludes halogenated alkanes) is 50. The molecule has 0 amide bonds. The van der Waals surface area contributed by atoms with Gasteiger partial charge in [-0.15, -0.1) is 0 Å². The summed E-state index contributed by atoms with van der Waals surface area (Å²) in [5.74, 6) is -2.25. The number of carbonyl (C=O) groups is 3. The lowest BCUT2D eigenvalue weighted by Gasteiger charge is -2.26. The van der Waals surface area contributed by atoms with Crippen LogP contribution < -0.4 is 5.11 Å². The number of likely N-dealkylation sites (N-methyl/N-ethyl adjacent to an activating group) is 1. The molecule has 0 spiro atoms. The number of esters is 2. The summed E-state index contributed by atoms with van der Waals surface area (Å²) < 4.78 is 22.9. The van der Waals surface area contributed by atoms with Crippen LogP contribution in [0.3, 0.4) is 0 Å². The van der Waals surface area contributed by atoms with Crippen molar-refractivity contribution < 1.29 is 42.9 Å². The van der Waals surface area contributed by atoms with Crippen LogP contribution in [0.15, 0.2) is 97.2 Å². The van der Waals surface area contributed by atoms with E-state index in [0.29, 0.717) is 17.4 Å². The number of quaternary nitrogens is 1. The third-order valence-electron chi connectivity index (χ3n) is 19.3. The summed E-state index contributed by atoms with van der Waals surface area (Å²) in [6.07, 6.45) is 111. The van der Waals surface area contributed by atoms with Crippen molar-refractivity contribution in [2.45, 2.75) is 424 Å². The van der Waals surface area contributed by atoms with Crippen LogP contribution in [0.5, 0.6) is 0 Å². The highest BCUT2D eigenvalue weighted by Crippen LogP contribution is 2.20. The summed E-state index contributed by atoms with van der Waals surface area (Å²) in [7, 11) is 5.95. The molecule has 0 aliphatic rings. The zero-order chi connectivity index (χ0) is 73.2. The Morgan fingerprint density at radius 2 is 0.535 bits per heavy atom. The first-order chi connectivity index (χ1) is 49.6. The molecule has 0 bridgehead atoms. The third kappa shape index (κ3) is 83.4. The van der Waals surface area contributed by atoms with Gasteiger partial charge in [-0.1, -0.05) is 406 Å². The molecule has 9 nitrogen and oxygen atoms in total. The molecule has 0 aliphatic heterocycles. The van der Waals surface area contributed by atoms with Crippen LogP contribution in [0.25, 0.3) is 0 Å². The summed E-state index contributed by atoms with van der Waals surface area (Å²) in [6.45, 7) is 4.59. The van der Waals surface area contributed by atoms with E-state index < -0.39 is 24.3 Å². The topological polar surface area (TPSA) is 111 Å². The van der Waals surface area contributed by atoms with Crippen LogP contribution in [0.4, 0.5) is 0 Å². The second-order valence-electron chi connectivity index (χ2n) is 30.4. The molecule has 0 N–H and O–H groups in total. The lowest BCUT2D eigenvalue weighted by atomic mass is 10.0. The molecule has 2 atom stereocenters. The van der Waals surface area contributed by atoms with E-state index in [1.165, 1.54) is 295 Å². The molecular weight excluding hydrogens is 1250 g/mol. The van der Waals surface area contributed by atoms with Gasteiger partial charge in [0.1, 0.15) is 13.2 Å². The number of aliphatic carboxylic acids is 1. The first kappa shape index (κ1) is 97.2. The zero-order valence-electron chi connectivity index (χ0n) is 67.3. The Balaban J connectivity index is 3.92. The van der Waals surface area contributed by atoms with E-state index in [1.54, 1.807) is 0 Å². The highest BCUT2D eigenvalue weighted by Gasteiger charge is 2.22. The fourth-order valence-electron chi connectivity index (χ4n) is 12.8. The van der Waals surface area contributed by atoms with Gasteiger partial charge in [-0.05, 0) is 89.9 Å². The summed E-state index contributed by atoms with van der Waals surface area (Å²) in [6, 6.07) is 0. The summed E-state index contributed by atoms with van der Waals surface area (Å²) in [5, 5.41) is 11.9. The number of ether oxygens (including phenoxy) is 4. The molecule has 0 aliphatic carbocycles. The van der Waals surface area contributed by atoms with Gasteiger partial charge in [0, 0.05) is 12.8 Å². The SMILES string of the molecule is CC/C=C\C/C=C\C/C=C\C/C=C\CCCCCCCCCCCCCCCCCCCCCCCCCCCCCCC(=O)OC(COC(=O)CCCCCCCCCCCCCCCCCCCCCCCC/C=C\C/C=C\C/C=C\C/C=C\CC)COC(OCC[N+](C)(C)C)C(=O)[O-]. The minimum Gasteiger partial charge on any atom is -0.545 e. The number of carboxylic acid groups (broad SMARTS) is 1. The number of carbonyl (C=O) groups excluding carboxylic acids is 3. The standard InChI is InChI=1S/C92H165NO8/c1-6-8-10-12-14-16-18-20-22-24-26-28-30-32-34-36-38-40-42-43-44-45-46-47-49-51-53-55-57-59-61-63-65-67-69-71-73-75-77-79-81-83-90(95)101-88(87-100-92(91(96)97)98-85-84-93(3,4)5)86-99-89(94)82-80-78-76-74-72-70-68-66-64-62-60-58-56-54-52-50-48-41-39-37-35-33-31-29-27-25-23-21-19-17-15-13-11-9-7-2/h8-11,14-17,20-23,26-29,88,92H,6-7,12-13,18-19,24-25,30-87H2,1-5H3/b10-8-,11-9-,16-14-,17-15-,22-20-,23-21-,28-26-,29-27-. The molecule has 0 saturated carbocycles. The number of carboxylic acids is 1. The van der Waals surface area contributed by atoms with E-state index in [2.05, 4.69) is 111 Å². The largest absolute Gasteiger partial charge is 0.545 e. The first-order valence-electron chi connectivity index (χ1n) is 43.4. The molecule has 0 radical (unpaired) electrons. The molecular formula is C92H165NO8. The molecule has 0 aromatic heterocycles. The smallest absolute Gasteiger partial charge is 0.306 e. The summed E-state index contributed by atoms with van der Waals surface area (Å²) >= 11 is 0. The van der Waals surface area contributed by atoms with Crippen molar-refractivity contribution in [1.29, 1.82) is 0 Å². The molecule has 0 rings (SSSR count). The number of hydrogen-bond acceptors (Lipinski definition) is 8. The van der Waals surface area contributed by atoms with Gasteiger partial charge in [-0.2, -0.15) is 0 Å². The highest BCUT2D eigenvalue weighted by atomic mass is 16.7. The Kier molecular flexibility index (Phi) is 78.8. The minimum atomic E-state index is -1.62. The number of rotatable bonds is 81. The quantitative estimate of drug-likeness (QED) is 0.0195. The average molecular weight is 1410 g/mol. The van der Waals surface area contributed by atoms with Crippen molar-refractivity contribution in [1.82, 2.24) is 0 Å². The first-order valence-corrected chi connectivity index (χ1v) is 43.4. The molecule has 0 heterocycles. The average Bonchev–Trinajstić information content (AvgIpc) is 1.21. The molecule has 9 heteroatoms. The van der Waals surface area contributed by atoms with Gasteiger partial charge >= 0.3 is 11.9 Å². The van der Waals surface area contributed by atoms with Gasteiger partial charge in [0.15, 0.2) is 12.4 Å². The van der Waals surface area contributed by atoms with E-state index in [1.807, 2.05) is 21.1 Å². The van der Waals surface area contributed by atoms with Crippen LogP contribution in [-0.2, 0) is 33.3 Å². The maximum Gasteiger partial charge on any atom is 0.306 e. The summed E-state index contributed by atoms with van der Waals surface area (Å²) in [4.78, 5) is 37.7. The molecule has 0 aromatic rings. The Morgan fingerprint density at radius 3 is 0.792 bits per heavy atom. The lowest BCUT2D eigenvalue weighted by molar-refractivity contribution is -0.870. The second kappa shape index (κ2) is 81.9. The lowest BCUT2D eigenvalue weighted by Crippen LogP contribution is -2.44. The van der Waals surface area contributed by atoms with Gasteiger partial charge in [-0.25, -0.2) is 0 Å². The molecule has 586 valence electrons. The van der Waals surface area contributed by atoms with Gasteiger partial charge < -0.3 is 33.3 Å². The summed E-state index contributed by atoms with van der Waals surface area (Å²) in [5.41, 5.74) is 0. The van der Waals surface area contributed by atoms with Gasteiger partial charge in [0.05, 0.1) is 40.3 Å². The third-order valence-corrected chi connectivity index (χ3v) is 19.3. The molecule has 0 fully saturated rings. The van der Waals surface area contributed by atoms with Crippen LogP contribution in [0, 0.1) is 0 Å². The predicted octanol–water partition coefficient (Wildman–Crippen LogP) is 26.9. The van der Waals surface area contributed by atoms with E-state index in [0.717, 1.165) is 89.9 Å². The molecule has 101 heavy (non-hydrogen) atoms. The van der Waals surface area contributed by atoms with Crippen LogP contribution in [-0.4, -0.2) is 82.3 Å². The molecule has 0 saturated heterocycles. The highest BCUT2D eigenvalue weighted by molar-refractivity contribution is 5.70. The Bertz CT molecular complexity index is 1990. The van der Waals surface area contributed by atoms with Gasteiger partial charge in [0.2, 0.25) is 0 Å². The van der Waals surface area contributed by atoms with Crippen molar-refractivity contribution in [2.75, 3.05) is 47.5 Å². The van der Waals surface area contributed by atoms with Gasteiger partial charge in [0.25, 0.3) is 0 Å². The molecule has 2 unspecified atom stereocenters. The maximum atomic E-state index is 13.0. The maximum absolute atomic E-state index is 13.0. The van der Waals surface area contributed by atoms with Crippen molar-refractivity contribution >= 4 is 17.9 Å². The van der Waals surface area contributed by atoms with Gasteiger partial charge in [-0.3, -0.25) is 9.59 Å². The monoisotopic (exact) mass is 1410 g/mol. The van der Waals surface area contributed by atoms with Crippen molar-refractivity contribution in [3.8, 4) is 0 Å². The van der Waals surface area contributed by atoms with E-state index in [-0.39, 0.29) is 32.2 Å². The Labute approximate surface area is 626 Å². The fourth-order valence-corrected chi connectivity index (χ4v) is 12.8. The van der Waals surface area contributed by atoms with Crippen LogP contribution >= 0.6 is 0 Å². The number of nitrogens with zero attached hydrogens (tertiary/aromatic N) is 1. The zero-order valence-corrected chi connectivity index (χ0v) is 67.3. The predicted molar refractivity (Wildman–Crippen MR) is 435 cm³/mol.